The van der Waals surface area contributed by atoms with E-state index < -0.39 is 59.5 Å². The number of ether oxygens (including phenoxy) is 2. The van der Waals surface area contributed by atoms with Crippen LogP contribution >= 0.6 is 0 Å². The van der Waals surface area contributed by atoms with Gasteiger partial charge in [-0.2, -0.15) is 0 Å². The molecule has 0 aliphatic carbocycles. The Kier molecular flexibility index (Phi) is 7.83. The third kappa shape index (κ3) is 4.73. The Hall–Kier alpha value is -3.50. The molecule has 10 heteroatoms. The Labute approximate surface area is 234 Å². The maximum Gasteiger partial charge on any atom is 0.306 e. The molecule has 3 amide bonds. The third-order valence-corrected chi connectivity index (χ3v) is 8.41. The summed E-state index contributed by atoms with van der Waals surface area (Å²) < 4.78 is 12.0. The van der Waals surface area contributed by atoms with Gasteiger partial charge in [0.05, 0.1) is 36.6 Å². The number of carbonyl (C=O) groups excluding carboxylic acids is 4. The van der Waals surface area contributed by atoms with Gasteiger partial charge in [-0.3, -0.25) is 19.2 Å². The molecule has 1 aromatic rings. The number of amides is 3. The molecule has 4 aliphatic heterocycles. The first-order valence-electron chi connectivity index (χ1n) is 14.0. The van der Waals surface area contributed by atoms with Gasteiger partial charge in [-0.05, 0) is 32.8 Å². The summed E-state index contributed by atoms with van der Waals surface area (Å²) in [6.45, 7) is 5.33. The number of nitrogens with zero attached hydrogens (tertiary/aromatic N) is 2. The molecule has 10 nitrogen and oxygen atoms in total. The third-order valence-electron chi connectivity index (χ3n) is 8.41. The van der Waals surface area contributed by atoms with Crippen molar-refractivity contribution in [1.82, 2.24) is 15.1 Å². The first kappa shape index (κ1) is 28.0. The van der Waals surface area contributed by atoms with E-state index in [1.54, 1.807) is 24.0 Å². The molecule has 4 heterocycles. The van der Waals surface area contributed by atoms with Gasteiger partial charge < -0.3 is 29.7 Å². The summed E-state index contributed by atoms with van der Waals surface area (Å²) in [4.78, 5) is 57.8. The first-order chi connectivity index (χ1) is 19.2. The number of rotatable bonds is 4. The molecule has 7 atom stereocenters. The standard InChI is InChI=1S/C30H37N3O7/c1-18(2)32-15-9-5-8-12-23(35)39-17-21(20-10-6-4-7-11-20)31-27(36)24-22-13-14-30(40-22)25(24)28(37)33(19(3)16-34)26(30)29(32)38/h4-7,9-11,13-14,18-19,21-22,24-26,34H,8,12,15-17H2,1-3H3,(H,31,36)/b9-5-/t19-,21-,22-,24+,25+,26-,30+/m1/s1. The van der Waals surface area contributed by atoms with Gasteiger partial charge in [0.1, 0.15) is 18.2 Å². The van der Waals surface area contributed by atoms with Gasteiger partial charge in [0.25, 0.3) is 0 Å². The number of cyclic esters (lactones) is 1. The van der Waals surface area contributed by atoms with E-state index in [1.807, 2.05) is 56.3 Å². The van der Waals surface area contributed by atoms with Crippen molar-refractivity contribution in [2.45, 2.75) is 69.5 Å². The first-order valence-corrected chi connectivity index (χ1v) is 14.0. The summed E-state index contributed by atoms with van der Waals surface area (Å²) in [5.74, 6) is -3.36. The molecule has 0 radical (unpaired) electrons. The molecule has 4 aliphatic rings. The SMILES string of the molecule is CC(C)N1C/C=C\CCC(=O)OC[C@H](c2ccccc2)NC(=O)[C@@H]2[C@H]3C(=O)N([C@H](C)CO)[C@H](C1=O)[C@]31C=C[C@H]2O1. The van der Waals surface area contributed by atoms with Crippen LogP contribution in [0.3, 0.4) is 0 Å². The Morgan fingerprint density at radius 3 is 2.52 bits per heavy atom. The number of hydrogen-bond donors (Lipinski definition) is 2. The van der Waals surface area contributed by atoms with E-state index in [-0.39, 0.29) is 38.1 Å². The second kappa shape index (κ2) is 11.2. The summed E-state index contributed by atoms with van der Waals surface area (Å²) in [5.41, 5.74) is -0.575. The molecule has 2 saturated heterocycles. The molecule has 2 fully saturated rings. The zero-order valence-electron chi connectivity index (χ0n) is 23.1. The number of hydrogen-bond acceptors (Lipinski definition) is 7. The maximum atomic E-state index is 14.2. The topological polar surface area (TPSA) is 125 Å². The number of allylic oxidation sites excluding steroid dienone is 1. The van der Waals surface area contributed by atoms with E-state index in [0.29, 0.717) is 6.42 Å². The van der Waals surface area contributed by atoms with Crippen molar-refractivity contribution < 1.29 is 33.8 Å². The molecule has 2 N–H and O–H groups in total. The minimum absolute atomic E-state index is 0.0634. The highest BCUT2D eigenvalue weighted by atomic mass is 16.5. The summed E-state index contributed by atoms with van der Waals surface area (Å²) in [7, 11) is 0. The van der Waals surface area contributed by atoms with Gasteiger partial charge in [-0.15, -0.1) is 0 Å². The number of fused-ring (bicyclic) bond motifs is 2. The molecular weight excluding hydrogens is 514 g/mol. The zero-order chi connectivity index (χ0) is 28.6. The van der Waals surface area contributed by atoms with Gasteiger partial charge in [-0.1, -0.05) is 54.6 Å². The quantitative estimate of drug-likeness (QED) is 0.429. The fourth-order valence-electron chi connectivity index (χ4n) is 6.39. The van der Waals surface area contributed by atoms with Crippen LogP contribution in [0.15, 0.2) is 54.6 Å². The Balaban J connectivity index is 1.57. The van der Waals surface area contributed by atoms with Gasteiger partial charge in [-0.25, -0.2) is 0 Å². The van der Waals surface area contributed by atoms with Gasteiger partial charge >= 0.3 is 5.97 Å². The zero-order valence-corrected chi connectivity index (χ0v) is 23.1. The van der Waals surface area contributed by atoms with Crippen molar-refractivity contribution >= 4 is 23.7 Å². The fraction of sp³-hybridized carbons (Fsp3) is 0.533. The van der Waals surface area contributed by atoms with Crippen LogP contribution in [0.25, 0.3) is 0 Å². The summed E-state index contributed by atoms with van der Waals surface area (Å²) in [5, 5.41) is 13.1. The minimum atomic E-state index is -1.33. The van der Waals surface area contributed by atoms with Gasteiger partial charge in [0.2, 0.25) is 17.7 Å². The van der Waals surface area contributed by atoms with Crippen molar-refractivity contribution in [3.8, 4) is 0 Å². The van der Waals surface area contributed by atoms with Crippen LogP contribution in [-0.4, -0.2) is 88.2 Å². The molecule has 5 rings (SSSR count). The molecule has 1 spiro atoms. The number of esters is 1. The van der Waals surface area contributed by atoms with Gasteiger partial charge in [0.15, 0.2) is 0 Å². The van der Waals surface area contributed by atoms with Crippen LogP contribution in [0.4, 0.5) is 0 Å². The highest BCUT2D eigenvalue weighted by molar-refractivity contribution is 6.00. The van der Waals surface area contributed by atoms with E-state index in [9.17, 15) is 24.3 Å². The normalized spacial score (nSPS) is 34.2. The average molecular weight is 552 g/mol. The summed E-state index contributed by atoms with van der Waals surface area (Å²) >= 11 is 0. The van der Waals surface area contributed by atoms with E-state index in [0.717, 1.165) is 5.56 Å². The molecule has 0 aromatic heterocycles. The summed E-state index contributed by atoms with van der Waals surface area (Å²) in [6.07, 6.45) is 7.08. The lowest BCUT2D eigenvalue weighted by atomic mass is 9.74. The molecule has 5 bridgehead atoms. The number of benzene rings is 1. The van der Waals surface area contributed by atoms with Crippen LogP contribution in [0.1, 0.15) is 45.2 Å². The van der Waals surface area contributed by atoms with Crippen molar-refractivity contribution in [3.63, 3.8) is 0 Å². The fourth-order valence-corrected chi connectivity index (χ4v) is 6.39. The second-order valence-electron chi connectivity index (χ2n) is 11.2. The predicted octanol–water partition coefficient (Wildman–Crippen LogP) is 1.51. The predicted molar refractivity (Wildman–Crippen MR) is 144 cm³/mol. The Morgan fingerprint density at radius 1 is 1.07 bits per heavy atom. The monoisotopic (exact) mass is 551 g/mol. The van der Waals surface area contributed by atoms with Crippen LogP contribution in [-0.2, 0) is 28.7 Å². The van der Waals surface area contributed by atoms with Crippen molar-refractivity contribution in [1.29, 1.82) is 0 Å². The highest BCUT2D eigenvalue weighted by Crippen LogP contribution is 2.56. The molecule has 40 heavy (non-hydrogen) atoms. The van der Waals surface area contributed by atoms with Gasteiger partial charge in [0, 0.05) is 19.0 Å². The van der Waals surface area contributed by atoms with Crippen LogP contribution < -0.4 is 5.32 Å². The van der Waals surface area contributed by atoms with E-state index in [4.69, 9.17) is 9.47 Å². The van der Waals surface area contributed by atoms with Crippen LogP contribution in [0, 0.1) is 11.8 Å². The largest absolute Gasteiger partial charge is 0.463 e. The Morgan fingerprint density at radius 2 is 1.82 bits per heavy atom. The van der Waals surface area contributed by atoms with E-state index in [1.165, 1.54) is 4.90 Å². The smallest absolute Gasteiger partial charge is 0.306 e. The highest BCUT2D eigenvalue weighted by Gasteiger charge is 2.73. The lowest BCUT2D eigenvalue weighted by Gasteiger charge is -2.39. The van der Waals surface area contributed by atoms with Crippen LogP contribution in [0.5, 0.6) is 0 Å². The van der Waals surface area contributed by atoms with Crippen molar-refractivity contribution in [2.24, 2.45) is 11.8 Å². The molecule has 1 aromatic carbocycles. The molecule has 214 valence electrons. The van der Waals surface area contributed by atoms with E-state index >= 15 is 0 Å². The van der Waals surface area contributed by atoms with Crippen molar-refractivity contribution in [2.75, 3.05) is 19.8 Å². The number of aliphatic hydroxyl groups excluding tert-OH is 1. The maximum absolute atomic E-state index is 14.2. The van der Waals surface area contributed by atoms with Crippen molar-refractivity contribution in [3.05, 3.63) is 60.2 Å². The lowest BCUT2D eigenvalue weighted by molar-refractivity contribution is -0.151. The lowest BCUT2D eigenvalue weighted by Crippen LogP contribution is -2.59. The molecule has 0 saturated carbocycles. The second-order valence-corrected chi connectivity index (χ2v) is 11.2. The van der Waals surface area contributed by atoms with E-state index in [2.05, 4.69) is 5.32 Å². The molecule has 0 unspecified atom stereocenters. The van der Waals surface area contributed by atoms with Crippen LogP contribution in [0.2, 0.25) is 0 Å². The number of aliphatic hydroxyl groups is 1. The molecular formula is C30H37N3O7. The number of likely N-dealkylation sites (tertiary alicyclic amines) is 1. The number of nitrogens with one attached hydrogen (secondary N) is 1. The minimum Gasteiger partial charge on any atom is -0.463 e. The number of carbonyl (C=O) groups is 4. The summed E-state index contributed by atoms with van der Waals surface area (Å²) in [6, 6.07) is 6.66. The average Bonchev–Trinajstić information content (AvgIpc) is 3.59. The Bertz CT molecular complexity index is 1210.